The minimum absolute atomic E-state index is 1.06. The molecule has 2 N–H and O–H groups in total. The van der Waals surface area contributed by atoms with E-state index in [-0.39, 0.29) is 0 Å². The Hall–Kier alpha value is -0.640. The normalized spacial score (nSPS) is 8.71. The molecular formula is C3H6N3S+. The summed E-state index contributed by atoms with van der Waals surface area (Å²) in [6.07, 6.45) is 1.81. The molecule has 0 radical (unpaired) electrons. The molecule has 1 aromatic rings. The van der Waals surface area contributed by atoms with Crippen LogP contribution in [0.2, 0.25) is 0 Å². The van der Waals surface area contributed by atoms with Crippen LogP contribution in [0.1, 0.15) is 0 Å². The Morgan fingerprint density at radius 1 is 2.00 bits per heavy atom. The van der Waals surface area contributed by atoms with Gasteiger partial charge in [0.1, 0.15) is 0 Å². The van der Waals surface area contributed by atoms with Gasteiger partial charge in [0.15, 0.2) is 5.00 Å². The monoisotopic (exact) mass is 116 g/mol. The summed E-state index contributed by atoms with van der Waals surface area (Å²) < 4.78 is 3.75. The molecule has 0 saturated carbocycles. The van der Waals surface area contributed by atoms with Crippen LogP contribution in [-0.4, -0.2) is 11.5 Å². The Morgan fingerprint density at radius 2 is 2.86 bits per heavy atom. The van der Waals surface area contributed by atoms with Gasteiger partial charge in [-0.05, 0) is 0 Å². The Kier molecular flexibility index (Phi) is 1.21. The maximum absolute atomic E-state index is 3.75. The van der Waals surface area contributed by atoms with Crippen LogP contribution in [0.5, 0.6) is 0 Å². The van der Waals surface area contributed by atoms with Gasteiger partial charge in [0.05, 0.1) is 16.0 Å². The summed E-state index contributed by atoms with van der Waals surface area (Å²) in [4.78, 5) is 0. The van der Waals surface area contributed by atoms with E-state index in [9.17, 15) is 0 Å². The largest absolute Gasteiger partial charge is 0.374 e. The van der Waals surface area contributed by atoms with Crippen LogP contribution in [0.4, 0.5) is 5.00 Å². The second-order valence-corrected chi connectivity index (χ2v) is 1.88. The van der Waals surface area contributed by atoms with Gasteiger partial charge in [0, 0.05) is 7.05 Å². The molecular weight excluding hydrogens is 110 g/mol. The van der Waals surface area contributed by atoms with Gasteiger partial charge in [-0.3, -0.25) is 0 Å². The van der Waals surface area contributed by atoms with E-state index >= 15 is 0 Å². The molecule has 38 valence electrons. The predicted octanol–water partition coefficient (Wildman–Crippen LogP) is -0.00110. The first-order valence-electron chi connectivity index (χ1n) is 1.94. The van der Waals surface area contributed by atoms with Crippen molar-refractivity contribution < 1.29 is 5.10 Å². The van der Waals surface area contributed by atoms with Crippen molar-refractivity contribution in [2.24, 2.45) is 0 Å². The number of hydrogen-bond donors (Lipinski definition) is 1. The molecule has 0 fully saturated rings. The number of hydrogen-bond acceptors (Lipinski definition) is 3. The van der Waals surface area contributed by atoms with Gasteiger partial charge in [-0.1, -0.05) is 5.10 Å². The molecule has 0 aliphatic heterocycles. The molecule has 1 heterocycles. The molecule has 4 heteroatoms. The van der Waals surface area contributed by atoms with Gasteiger partial charge in [0.25, 0.3) is 0 Å². The van der Waals surface area contributed by atoms with Crippen molar-refractivity contribution in [1.29, 1.82) is 0 Å². The van der Waals surface area contributed by atoms with Crippen molar-refractivity contribution in [2.75, 3.05) is 12.4 Å². The number of aromatic nitrogens is 2. The quantitative estimate of drug-likeness (QED) is 0.561. The Bertz CT molecular complexity index is 125. The molecule has 0 aromatic carbocycles. The zero-order valence-corrected chi connectivity index (χ0v) is 4.75. The Labute approximate surface area is 45.5 Å². The molecule has 3 nitrogen and oxygen atoms in total. The van der Waals surface area contributed by atoms with Gasteiger partial charge in [-0.15, -0.1) is 0 Å². The smallest absolute Gasteiger partial charge is 0.229 e. The molecule has 0 amide bonds. The highest BCUT2D eigenvalue weighted by Gasteiger charge is 1.91. The fourth-order valence-electron chi connectivity index (χ4n) is 0.305. The van der Waals surface area contributed by atoms with E-state index in [0.29, 0.717) is 0 Å². The van der Waals surface area contributed by atoms with Gasteiger partial charge in [-0.25, -0.2) is 0 Å². The lowest BCUT2D eigenvalue weighted by Crippen LogP contribution is -1.96. The summed E-state index contributed by atoms with van der Waals surface area (Å²) >= 11 is 1.41. The summed E-state index contributed by atoms with van der Waals surface area (Å²) in [5.74, 6) is 0. The van der Waals surface area contributed by atoms with Crippen LogP contribution < -0.4 is 10.4 Å². The fourth-order valence-corrected chi connectivity index (χ4v) is 0.705. The number of H-pyrrole nitrogens is 1. The molecule has 0 spiro atoms. The number of nitrogens with zero attached hydrogens (tertiary/aromatic N) is 1. The highest BCUT2D eigenvalue weighted by molar-refractivity contribution is 7.09. The zero-order chi connectivity index (χ0) is 5.11. The van der Waals surface area contributed by atoms with Crippen molar-refractivity contribution in [3.8, 4) is 0 Å². The predicted molar refractivity (Wildman–Crippen MR) is 28.2 cm³/mol. The van der Waals surface area contributed by atoms with E-state index in [4.69, 9.17) is 0 Å². The van der Waals surface area contributed by atoms with Crippen molar-refractivity contribution in [2.45, 2.75) is 0 Å². The van der Waals surface area contributed by atoms with Crippen molar-refractivity contribution in [3.63, 3.8) is 0 Å². The maximum atomic E-state index is 3.75. The van der Waals surface area contributed by atoms with E-state index in [1.807, 2.05) is 13.2 Å². The van der Waals surface area contributed by atoms with Gasteiger partial charge < -0.3 is 5.32 Å². The first-order chi connectivity index (χ1) is 3.43. The molecule has 1 rings (SSSR count). The van der Waals surface area contributed by atoms with Gasteiger partial charge in [-0.2, -0.15) is 0 Å². The lowest BCUT2D eigenvalue weighted by Gasteiger charge is -1.79. The summed E-state index contributed by atoms with van der Waals surface area (Å²) in [6, 6.07) is 0. The second kappa shape index (κ2) is 1.88. The SMILES string of the molecule is CNc1c[nH+]ns1. The van der Waals surface area contributed by atoms with Crippen molar-refractivity contribution in [3.05, 3.63) is 6.20 Å². The van der Waals surface area contributed by atoms with Gasteiger partial charge in [0.2, 0.25) is 6.20 Å². The topological polar surface area (TPSA) is 39.1 Å². The molecule has 0 saturated heterocycles. The fraction of sp³-hybridized carbons (Fsp3) is 0.333. The van der Waals surface area contributed by atoms with Crippen molar-refractivity contribution in [1.82, 2.24) is 4.49 Å². The number of rotatable bonds is 1. The molecule has 0 aliphatic carbocycles. The average molecular weight is 116 g/mol. The van der Waals surface area contributed by atoms with E-state index in [1.54, 1.807) is 0 Å². The highest BCUT2D eigenvalue weighted by atomic mass is 32.1. The zero-order valence-electron chi connectivity index (χ0n) is 3.93. The first kappa shape index (κ1) is 4.52. The van der Waals surface area contributed by atoms with E-state index in [1.165, 1.54) is 11.5 Å². The van der Waals surface area contributed by atoms with Crippen LogP contribution in [0.15, 0.2) is 6.20 Å². The highest BCUT2D eigenvalue weighted by Crippen LogP contribution is 2.03. The van der Waals surface area contributed by atoms with Crippen LogP contribution in [0, 0.1) is 0 Å². The number of aromatic amines is 1. The Morgan fingerprint density at radius 3 is 3.14 bits per heavy atom. The molecule has 0 unspecified atom stereocenters. The van der Waals surface area contributed by atoms with E-state index < -0.39 is 0 Å². The minimum atomic E-state index is 1.06. The molecule has 0 aliphatic rings. The average Bonchev–Trinajstić information content (AvgIpc) is 2.14. The Balaban J connectivity index is 2.76. The number of anilines is 1. The van der Waals surface area contributed by atoms with Crippen LogP contribution in [0.25, 0.3) is 0 Å². The van der Waals surface area contributed by atoms with Crippen molar-refractivity contribution >= 4 is 16.5 Å². The molecule has 0 bridgehead atoms. The van der Waals surface area contributed by atoms with E-state index in [2.05, 4.69) is 14.9 Å². The lowest BCUT2D eigenvalue weighted by atomic mass is 10.8. The summed E-state index contributed by atoms with van der Waals surface area (Å²) in [5.41, 5.74) is 0. The summed E-state index contributed by atoms with van der Waals surface area (Å²) in [6.45, 7) is 0. The second-order valence-electron chi connectivity index (χ2n) is 1.07. The maximum Gasteiger partial charge on any atom is 0.229 e. The van der Waals surface area contributed by atoms with Crippen LogP contribution in [-0.2, 0) is 0 Å². The third-order valence-electron chi connectivity index (χ3n) is 0.639. The number of nitrogens with one attached hydrogen (secondary N) is 2. The van der Waals surface area contributed by atoms with Crippen LogP contribution >= 0.6 is 11.5 Å². The third-order valence-corrected chi connectivity index (χ3v) is 1.35. The molecule has 1 aromatic heterocycles. The molecule has 7 heavy (non-hydrogen) atoms. The molecule has 0 atom stereocenters. The van der Waals surface area contributed by atoms with Gasteiger partial charge >= 0.3 is 0 Å². The minimum Gasteiger partial charge on any atom is -0.374 e. The summed E-state index contributed by atoms with van der Waals surface area (Å²) in [7, 11) is 1.86. The van der Waals surface area contributed by atoms with Crippen LogP contribution in [0.3, 0.4) is 0 Å². The first-order valence-corrected chi connectivity index (χ1v) is 2.71. The van der Waals surface area contributed by atoms with E-state index in [0.717, 1.165) is 5.00 Å². The third kappa shape index (κ3) is 0.866. The lowest BCUT2D eigenvalue weighted by molar-refractivity contribution is -0.442. The standard InChI is InChI=1S/C3H5N3S/c1-4-3-2-5-6-7-3/h2,4H,1H3/p+1. The summed E-state index contributed by atoms with van der Waals surface area (Å²) in [5, 5.41) is 6.67.